The lowest BCUT2D eigenvalue weighted by atomic mass is 10.1. The standard InChI is InChI=1S/C15H23NO2/c1-4-17-14-7-5-13(6-8-14)15-10-16-11(2)9-12(3)18-15/h5-8,11-12,15-16H,4,9-10H2,1-3H3. The third-order valence-electron chi connectivity index (χ3n) is 3.30. The lowest BCUT2D eigenvalue weighted by Gasteiger charge is -2.19. The largest absolute Gasteiger partial charge is 0.494 e. The molecule has 1 aromatic carbocycles. The second-order valence-electron chi connectivity index (χ2n) is 4.98. The van der Waals surface area contributed by atoms with Gasteiger partial charge in [0.2, 0.25) is 0 Å². The molecule has 1 heterocycles. The van der Waals surface area contributed by atoms with Gasteiger partial charge in [-0.05, 0) is 44.9 Å². The molecule has 1 aromatic rings. The third-order valence-corrected chi connectivity index (χ3v) is 3.30. The first kappa shape index (κ1) is 13.4. The van der Waals surface area contributed by atoms with Gasteiger partial charge >= 0.3 is 0 Å². The number of ether oxygens (including phenoxy) is 2. The summed E-state index contributed by atoms with van der Waals surface area (Å²) in [4.78, 5) is 0. The molecule has 0 amide bonds. The van der Waals surface area contributed by atoms with E-state index in [1.165, 1.54) is 5.56 Å². The smallest absolute Gasteiger partial charge is 0.119 e. The molecule has 0 spiro atoms. The van der Waals surface area contributed by atoms with Crippen LogP contribution in [0.3, 0.4) is 0 Å². The maximum absolute atomic E-state index is 6.06. The summed E-state index contributed by atoms with van der Waals surface area (Å²) in [5.74, 6) is 0.921. The van der Waals surface area contributed by atoms with Gasteiger partial charge in [-0.3, -0.25) is 0 Å². The number of hydrogen-bond acceptors (Lipinski definition) is 3. The molecule has 1 aliphatic heterocycles. The van der Waals surface area contributed by atoms with Gasteiger partial charge in [-0.1, -0.05) is 12.1 Å². The molecule has 1 fully saturated rings. The second-order valence-corrected chi connectivity index (χ2v) is 4.98. The van der Waals surface area contributed by atoms with Crippen LogP contribution >= 0.6 is 0 Å². The fourth-order valence-corrected chi connectivity index (χ4v) is 2.42. The van der Waals surface area contributed by atoms with Crippen molar-refractivity contribution in [2.75, 3.05) is 13.2 Å². The van der Waals surface area contributed by atoms with Crippen molar-refractivity contribution in [3.63, 3.8) is 0 Å². The molecule has 2 rings (SSSR count). The van der Waals surface area contributed by atoms with E-state index in [1.54, 1.807) is 0 Å². The lowest BCUT2D eigenvalue weighted by Crippen LogP contribution is -2.27. The summed E-state index contributed by atoms with van der Waals surface area (Å²) >= 11 is 0. The predicted molar refractivity (Wildman–Crippen MR) is 73.0 cm³/mol. The Balaban J connectivity index is 2.05. The van der Waals surface area contributed by atoms with Crippen LogP contribution in [0, 0.1) is 0 Å². The number of hydrogen-bond donors (Lipinski definition) is 1. The Morgan fingerprint density at radius 3 is 2.67 bits per heavy atom. The average molecular weight is 249 g/mol. The zero-order chi connectivity index (χ0) is 13.0. The van der Waals surface area contributed by atoms with Gasteiger partial charge in [-0.2, -0.15) is 0 Å². The summed E-state index contributed by atoms with van der Waals surface area (Å²) in [6.07, 6.45) is 1.50. The highest BCUT2D eigenvalue weighted by Gasteiger charge is 2.22. The van der Waals surface area contributed by atoms with Gasteiger partial charge in [-0.25, -0.2) is 0 Å². The van der Waals surface area contributed by atoms with E-state index in [1.807, 2.05) is 19.1 Å². The minimum absolute atomic E-state index is 0.139. The summed E-state index contributed by atoms with van der Waals surface area (Å²) < 4.78 is 11.5. The van der Waals surface area contributed by atoms with Crippen LogP contribution < -0.4 is 10.1 Å². The molecule has 0 bridgehead atoms. The van der Waals surface area contributed by atoms with Crippen molar-refractivity contribution in [1.82, 2.24) is 5.32 Å². The van der Waals surface area contributed by atoms with Crippen LogP contribution in [0.5, 0.6) is 5.75 Å². The highest BCUT2D eigenvalue weighted by Crippen LogP contribution is 2.24. The molecular weight excluding hydrogens is 226 g/mol. The molecule has 0 saturated carbocycles. The van der Waals surface area contributed by atoms with E-state index in [4.69, 9.17) is 9.47 Å². The number of rotatable bonds is 3. The minimum atomic E-state index is 0.139. The van der Waals surface area contributed by atoms with Gasteiger partial charge < -0.3 is 14.8 Å². The first-order chi connectivity index (χ1) is 8.69. The summed E-state index contributed by atoms with van der Waals surface area (Å²) in [5.41, 5.74) is 1.21. The van der Waals surface area contributed by atoms with Gasteiger partial charge in [0.25, 0.3) is 0 Å². The summed E-state index contributed by atoms with van der Waals surface area (Å²) in [6.45, 7) is 7.93. The quantitative estimate of drug-likeness (QED) is 0.893. The van der Waals surface area contributed by atoms with Crippen molar-refractivity contribution < 1.29 is 9.47 Å². The Hall–Kier alpha value is -1.06. The van der Waals surface area contributed by atoms with Crippen LogP contribution in [0.4, 0.5) is 0 Å². The van der Waals surface area contributed by atoms with E-state index in [0.29, 0.717) is 18.8 Å². The summed E-state index contributed by atoms with van der Waals surface area (Å²) in [7, 11) is 0. The van der Waals surface area contributed by atoms with Gasteiger partial charge in [0.1, 0.15) is 5.75 Å². The molecule has 0 aromatic heterocycles. The number of benzene rings is 1. The van der Waals surface area contributed by atoms with Gasteiger partial charge in [0, 0.05) is 12.6 Å². The second kappa shape index (κ2) is 6.21. The van der Waals surface area contributed by atoms with Crippen LogP contribution in [-0.4, -0.2) is 25.3 Å². The van der Waals surface area contributed by atoms with E-state index < -0.39 is 0 Å². The summed E-state index contributed by atoms with van der Waals surface area (Å²) in [5, 5.41) is 3.51. The van der Waals surface area contributed by atoms with Crippen LogP contribution in [0.1, 0.15) is 38.9 Å². The summed E-state index contributed by atoms with van der Waals surface area (Å²) in [6, 6.07) is 8.75. The van der Waals surface area contributed by atoms with Gasteiger partial charge in [0.15, 0.2) is 0 Å². The fraction of sp³-hybridized carbons (Fsp3) is 0.600. The Bertz CT molecular complexity index is 363. The molecule has 3 heteroatoms. The Kier molecular flexibility index (Phi) is 4.61. The van der Waals surface area contributed by atoms with Crippen molar-refractivity contribution in [1.29, 1.82) is 0 Å². The molecule has 0 radical (unpaired) electrons. The van der Waals surface area contributed by atoms with E-state index in [2.05, 4.69) is 31.3 Å². The van der Waals surface area contributed by atoms with Crippen LogP contribution in [0.2, 0.25) is 0 Å². The minimum Gasteiger partial charge on any atom is -0.494 e. The molecule has 1 aliphatic rings. The molecule has 100 valence electrons. The van der Waals surface area contributed by atoms with Crippen molar-refractivity contribution in [3.8, 4) is 5.75 Å². The molecule has 1 saturated heterocycles. The predicted octanol–water partition coefficient (Wildman–Crippen LogP) is 2.91. The van der Waals surface area contributed by atoms with Gasteiger partial charge in [-0.15, -0.1) is 0 Å². The van der Waals surface area contributed by atoms with Crippen LogP contribution in [0.15, 0.2) is 24.3 Å². The SMILES string of the molecule is CCOc1ccc(C2CNC(C)CC(C)O2)cc1. The fourth-order valence-electron chi connectivity index (χ4n) is 2.42. The highest BCUT2D eigenvalue weighted by atomic mass is 16.5. The molecule has 18 heavy (non-hydrogen) atoms. The zero-order valence-corrected chi connectivity index (χ0v) is 11.5. The van der Waals surface area contributed by atoms with Crippen molar-refractivity contribution in [3.05, 3.63) is 29.8 Å². The lowest BCUT2D eigenvalue weighted by molar-refractivity contribution is 0.00716. The molecule has 3 unspecified atom stereocenters. The Morgan fingerprint density at radius 1 is 1.28 bits per heavy atom. The third kappa shape index (κ3) is 3.47. The molecule has 3 nitrogen and oxygen atoms in total. The monoisotopic (exact) mass is 249 g/mol. The van der Waals surface area contributed by atoms with E-state index in [0.717, 1.165) is 18.7 Å². The van der Waals surface area contributed by atoms with Crippen LogP contribution in [0.25, 0.3) is 0 Å². The number of nitrogens with one attached hydrogen (secondary N) is 1. The maximum Gasteiger partial charge on any atom is 0.119 e. The van der Waals surface area contributed by atoms with Gasteiger partial charge in [0.05, 0.1) is 18.8 Å². The first-order valence-electron chi connectivity index (χ1n) is 6.80. The molecule has 1 N–H and O–H groups in total. The average Bonchev–Trinajstić information content (AvgIpc) is 2.52. The highest BCUT2D eigenvalue weighted by molar-refractivity contribution is 5.29. The molecule has 3 atom stereocenters. The van der Waals surface area contributed by atoms with Crippen molar-refractivity contribution >= 4 is 0 Å². The first-order valence-corrected chi connectivity index (χ1v) is 6.80. The Labute approximate surface area is 109 Å². The normalized spacial score (nSPS) is 28.7. The van der Waals surface area contributed by atoms with Crippen molar-refractivity contribution in [2.45, 2.75) is 45.4 Å². The van der Waals surface area contributed by atoms with E-state index in [-0.39, 0.29) is 6.10 Å². The molecule has 0 aliphatic carbocycles. The van der Waals surface area contributed by atoms with Crippen molar-refractivity contribution in [2.24, 2.45) is 0 Å². The topological polar surface area (TPSA) is 30.5 Å². The van der Waals surface area contributed by atoms with E-state index in [9.17, 15) is 0 Å². The van der Waals surface area contributed by atoms with Crippen LogP contribution in [-0.2, 0) is 4.74 Å². The zero-order valence-electron chi connectivity index (χ0n) is 11.5. The van der Waals surface area contributed by atoms with E-state index >= 15 is 0 Å². The molecular formula is C15H23NO2. The Morgan fingerprint density at radius 2 is 2.00 bits per heavy atom. The maximum atomic E-state index is 6.06.